The van der Waals surface area contributed by atoms with E-state index >= 15 is 0 Å². The highest BCUT2D eigenvalue weighted by molar-refractivity contribution is 6.00. The van der Waals surface area contributed by atoms with Crippen LogP contribution in [0.5, 0.6) is 0 Å². The number of fused-ring (bicyclic) bond motifs is 2. The molecule has 0 aliphatic heterocycles. The molecule has 0 bridgehead atoms. The lowest BCUT2D eigenvalue weighted by Crippen LogP contribution is -2.55. The van der Waals surface area contributed by atoms with Gasteiger partial charge in [0.2, 0.25) is 5.78 Å². The summed E-state index contributed by atoms with van der Waals surface area (Å²) in [5.74, 6) is -1.03. The summed E-state index contributed by atoms with van der Waals surface area (Å²) < 4.78 is 11.2. The van der Waals surface area contributed by atoms with Crippen molar-refractivity contribution in [1.82, 2.24) is 0 Å². The molecule has 1 unspecified atom stereocenters. The largest absolute Gasteiger partial charge is 0.393 e. The zero-order valence-electron chi connectivity index (χ0n) is 14.8. The number of allylic oxidation sites excluding steroid dienone is 2. The van der Waals surface area contributed by atoms with Crippen molar-refractivity contribution in [2.24, 2.45) is 16.7 Å². The Kier molecular flexibility index (Phi) is 3.86. The molecule has 3 atom stereocenters. The van der Waals surface area contributed by atoms with Gasteiger partial charge in [-0.3, -0.25) is 4.79 Å². The van der Waals surface area contributed by atoms with Crippen LogP contribution in [0.15, 0.2) is 23.3 Å². The van der Waals surface area contributed by atoms with Gasteiger partial charge in [0.1, 0.15) is 0 Å². The lowest BCUT2D eigenvalue weighted by atomic mass is 9.48. The van der Waals surface area contributed by atoms with Gasteiger partial charge in [0.15, 0.2) is 0 Å². The summed E-state index contributed by atoms with van der Waals surface area (Å²) in [4.78, 5) is 12.5. The highest BCUT2D eigenvalue weighted by atomic mass is 16.7. The number of carbonyl (C=O) groups excluding carboxylic acids is 1. The van der Waals surface area contributed by atoms with Crippen LogP contribution in [0.4, 0.5) is 0 Å². The molecule has 3 aliphatic rings. The Hall–Kier alpha value is -0.970. The molecule has 3 rings (SSSR count). The molecule has 0 spiro atoms. The monoisotopic (exact) mass is 320 g/mol. The molecule has 4 heteroatoms. The van der Waals surface area contributed by atoms with E-state index in [-0.39, 0.29) is 22.7 Å². The lowest BCUT2D eigenvalue weighted by Gasteiger charge is -2.58. The number of carbonyl (C=O) groups is 1. The van der Waals surface area contributed by atoms with E-state index in [1.54, 1.807) is 6.08 Å². The van der Waals surface area contributed by atoms with Crippen LogP contribution in [0.1, 0.15) is 46.5 Å². The van der Waals surface area contributed by atoms with Crippen LogP contribution in [0.3, 0.4) is 0 Å². The number of ketones is 1. The lowest BCUT2D eigenvalue weighted by molar-refractivity contribution is -0.190. The fraction of sp³-hybridized carbons (Fsp3) is 0.737. The van der Waals surface area contributed by atoms with E-state index in [2.05, 4.69) is 20.8 Å². The van der Waals surface area contributed by atoms with E-state index in [9.17, 15) is 9.90 Å². The second-order valence-electron chi connectivity index (χ2n) is 8.00. The molecule has 0 aromatic rings. The summed E-state index contributed by atoms with van der Waals surface area (Å²) in [7, 11) is 3.07. The molecule has 1 saturated carbocycles. The maximum Gasteiger partial charge on any atom is 0.256 e. The zero-order valence-corrected chi connectivity index (χ0v) is 14.8. The van der Waals surface area contributed by atoms with Gasteiger partial charge in [0.25, 0.3) is 5.79 Å². The van der Waals surface area contributed by atoms with Crippen LogP contribution in [0.2, 0.25) is 0 Å². The van der Waals surface area contributed by atoms with E-state index < -0.39 is 5.79 Å². The predicted molar refractivity (Wildman–Crippen MR) is 87.8 cm³/mol. The van der Waals surface area contributed by atoms with Gasteiger partial charge in [-0.1, -0.05) is 26.8 Å². The van der Waals surface area contributed by atoms with Crippen molar-refractivity contribution in [3.8, 4) is 0 Å². The summed E-state index contributed by atoms with van der Waals surface area (Å²) in [5.41, 5.74) is 1.96. The molecule has 0 aromatic heterocycles. The van der Waals surface area contributed by atoms with E-state index in [1.807, 2.05) is 6.08 Å². The zero-order chi connectivity index (χ0) is 17.0. The van der Waals surface area contributed by atoms with Crippen molar-refractivity contribution >= 4 is 5.78 Å². The summed E-state index contributed by atoms with van der Waals surface area (Å²) in [6, 6.07) is 0. The molecule has 1 N–H and O–H groups in total. The molecule has 1 fully saturated rings. The Labute approximate surface area is 138 Å². The summed E-state index contributed by atoms with van der Waals surface area (Å²) >= 11 is 0. The molecule has 0 saturated heterocycles. The minimum absolute atomic E-state index is 0.0597. The third kappa shape index (κ3) is 2.04. The van der Waals surface area contributed by atoms with Gasteiger partial charge in [-0.25, -0.2) is 0 Å². The summed E-state index contributed by atoms with van der Waals surface area (Å²) in [6.45, 7) is 6.61. The average molecular weight is 320 g/mol. The molecular formula is C19H28O4. The molecule has 0 radical (unpaired) electrons. The summed E-state index contributed by atoms with van der Waals surface area (Å²) in [6.07, 6.45) is 6.70. The van der Waals surface area contributed by atoms with Crippen LogP contribution in [-0.2, 0) is 14.3 Å². The van der Waals surface area contributed by atoms with Gasteiger partial charge in [-0.2, -0.15) is 0 Å². The summed E-state index contributed by atoms with van der Waals surface area (Å²) in [5, 5.41) is 10.5. The van der Waals surface area contributed by atoms with Crippen molar-refractivity contribution in [1.29, 1.82) is 0 Å². The Morgan fingerprint density at radius 1 is 1.13 bits per heavy atom. The quantitative estimate of drug-likeness (QED) is 0.795. The molecular weight excluding hydrogens is 292 g/mol. The van der Waals surface area contributed by atoms with Crippen LogP contribution < -0.4 is 0 Å². The fourth-order valence-corrected chi connectivity index (χ4v) is 5.40. The molecule has 3 aliphatic carbocycles. The normalized spacial score (nSPS) is 38.3. The van der Waals surface area contributed by atoms with E-state index in [4.69, 9.17) is 9.47 Å². The van der Waals surface area contributed by atoms with Crippen molar-refractivity contribution in [2.75, 3.05) is 14.2 Å². The van der Waals surface area contributed by atoms with Crippen molar-refractivity contribution in [3.63, 3.8) is 0 Å². The molecule has 128 valence electrons. The molecule has 0 heterocycles. The van der Waals surface area contributed by atoms with Gasteiger partial charge in [0, 0.05) is 19.8 Å². The number of ether oxygens (including phenoxy) is 2. The van der Waals surface area contributed by atoms with Crippen molar-refractivity contribution < 1.29 is 19.4 Å². The smallest absolute Gasteiger partial charge is 0.256 e. The maximum absolute atomic E-state index is 12.5. The van der Waals surface area contributed by atoms with Gasteiger partial charge in [-0.05, 0) is 54.1 Å². The van der Waals surface area contributed by atoms with E-state index in [0.29, 0.717) is 5.92 Å². The predicted octanol–water partition coefficient (Wildman–Crippen LogP) is 3.01. The second kappa shape index (κ2) is 5.27. The van der Waals surface area contributed by atoms with Crippen molar-refractivity contribution in [2.45, 2.75) is 58.3 Å². The third-order valence-corrected chi connectivity index (χ3v) is 6.78. The highest BCUT2D eigenvalue weighted by Gasteiger charge is 2.57. The SMILES string of the molecule is COC1(OC)C(=O)C=CC2=C1CCC1C(C)(C)[C@H](O)CC[C@@]21C. The standard InChI is InChI=1S/C19H28O4/c1-17(2)14-8-6-13-12(18(14,3)11-10-15(17)20)7-9-16(21)19(13,22-4)23-5/h7,9,14-15,20H,6,8,10-11H2,1-5H3/t14?,15-,18+/m1/s1. The Balaban J connectivity index is 2.15. The number of aliphatic hydroxyl groups is 1. The first-order chi connectivity index (χ1) is 10.7. The van der Waals surface area contributed by atoms with Crippen LogP contribution in [0, 0.1) is 16.7 Å². The molecule has 0 aromatic carbocycles. The molecule has 23 heavy (non-hydrogen) atoms. The average Bonchev–Trinajstić information content (AvgIpc) is 2.52. The first-order valence-electron chi connectivity index (χ1n) is 8.49. The van der Waals surface area contributed by atoms with Gasteiger partial charge in [0.05, 0.1) is 6.10 Å². The van der Waals surface area contributed by atoms with E-state index in [1.165, 1.54) is 19.8 Å². The Bertz CT molecular complexity index is 582. The van der Waals surface area contributed by atoms with Crippen molar-refractivity contribution in [3.05, 3.63) is 23.3 Å². The molecule has 0 amide bonds. The first kappa shape index (κ1) is 16.9. The minimum Gasteiger partial charge on any atom is -0.393 e. The van der Waals surface area contributed by atoms with E-state index in [0.717, 1.165) is 31.3 Å². The first-order valence-corrected chi connectivity index (χ1v) is 8.49. The number of rotatable bonds is 2. The Morgan fingerprint density at radius 2 is 1.78 bits per heavy atom. The number of hydrogen-bond acceptors (Lipinski definition) is 4. The van der Waals surface area contributed by atoms with Crippen LogP contribution in [0.25, 0.3) is 0 Å². The number of hydrogen-bond donors (Lipinski definition) is 1. The highest BCUT2D eigenvalue weighted by Crippen LogP contribution is 2.61. The van der Waals surface area contributed by atoms with Crippen LogP contribution in [-0.4, -0.2) is 37.0 Å². The van der Waals surface area contributed by atoms with Gasteiger partial charge < -0.3 is 14.6 Å². The molecule has 4 nitrogen and oxygen atoms in total. The minimum atomic E-state index is -1.27. The fourth-order valence-electron chi connectivity index (χ4n) is 5.40. The second-order valence-corrected chi connectivity index (χ2v) is 8.00. The number of methoxy groups -OCH3 is 2. The topological polar surface area (TPSA) is 55.8 Å². The van der Waals surface area contributed by atoms with Gasteiger partial charge in [-0.15, -0.1) is 0 Å². The van der Waals surface area contributed by atoms with Gasteiger partial charge >= 0.3 is 0 Å². The number of aliphatic hydroxyl groups excluding tert-OH is 1. The Morgan fingerprint density at radius 3 is 2.39 bits per heavy atom. The third-order valence-electron chi connectivity index (χ3n) is 6.78. The maximum atomic E-state index is 12.5. The van der Waals surface area contributed by atoms with Crippen LogP contribution >= 0.6 is 0 Å².